The minimum Gasteiger partial charge on any atom is -0.477 e. The average molecular weight is 507 g/mol. The highest BCUT2D eigenvalue weighted by atomic mass is 127. The van der Waals surface area contributed by atoms with Crippen LogP contribution in [0.4, 0.5) is 5.69 Å². The van der Waals surface area contributed by atoms with E-state index < -0.39 is 0 Å². The van der Waals surface area contributed by atoms with Crippen LogP contribution in [0, 0.1) is 5.92 Å². The highest BCUT2D eigenvalue weighted by molar-refractivity contribution is 14.0. The van der Waals surface area contributed by atoms with Gasteiger partial charge >= 0.3 is 0 Å². The van der Waals surface area contributed by atoms with E-state index in [-0.39, 0.29) is 24.0 Å². The monoisotopic (exact) mass is 507 g/mol. The fraction of sp³-hybridized carbons (Fsp3) is 0.455. The molecule has 6 nitrogen and oxygen atoms in total. The maximum Gasteiger partial charge on any atom is 0.213 e. The number of piperazine rings is 1. The zero-order chi connectivity index (χ0) is 19.2. The molecule has 0 bridgehead atoms. The zero-order valence-corrected chi connectivity index (χ0v) is 19.3. The molecule has 0 atom stereocenters. The van der Waals surface area contributed by atoms with Crippen LogP contribution < -0.4 is 15.0 Å². The Kier molecular flexibility index (Phi) is 7.97. The Morgan fingerprint density at radius 2 is 1.86 bits per heavy atom. The SMILES string of the molecule is CN=C(NCc1ccc(OCC2CC2)nc1)N1CCN(c2ccccc2)CC1.I. The maximum atomic E-state index is 5.71. The van der Waals surface area contributed by atoms with Crippen molar-refractivity contribution < 1.29 is 4.74 Å². The van der Waals surface area contributed by atoms with Gasteiger partial charge in [-0.3, -0.25) is 4.99 Å². The highest BCUT2D eigenvalue weighted by Gasteiger charge is 2.22. The first-order chi connectivity index (χ1) is 13.8. The average Bonchev–Trinajstić information content (AvgIpc) is 3.59. The number of para-hydroxylation sites is 1. The third kappa shape index (κ3) is 6.22. The van der Waals surface area contributed by atoms with E-state index >= 15 is 0 Å². The summed E-state index contributed by atoms with van der Waals surface area (Å²) in [6, 6.07) is 14.6. The van der Waals surface area contributed by atoms with Gasteiger partial charge in [-0.2, -0.15) is 0 Å². The van der Waals surface area contributed by atoms with E-state index in [0.29, 0.717) is 6.54 Å². The van der Waals surface area contributed by atoms with Gasteiger partial charge in [-0.05, 0) is 36.5 Å². The summed E-state index contributed by atoms with van der Waals surface area (Å²) in [4.78, 5) is 13.6. The number of anilines is 1. The number of rotatable bonds is 6. The molecule has 2 aliphatic rings. The molecular weight excluding hydrogens is 477 g/mol. The number of ether oxygens (including phenoxy) is 1. The van der Waals surface area contributed by atoms with Gasteiger partial charge < -0.3 is 19.9 Å². The molecule has 2 heterocycles. The van der Waals surface area contributed by atoms with Crippen molar-refractivity contribution in [3.05, 3.63) is 54.2 Å². The number of nitrogens with zero attached hydrogens (tertiary/aromatic N) is 4. The summed E-state index contributed by atoms with van der Waals surface area (Å²) in [6.07, 6.45) is 4.47. The lowest BCUT2D eigenvalue weighted by atomic mass is 10.2. The first kappa shape index (κ1) is 21.7. The van der Waals surface area contributed by atoms with Crippen LogP contribution in [0.5, 0.6) is 5.88 Å². The molecule has 0 radical (unpaired) electrons. The molecule has 0 unspecified atom stereocenters. The smallest absolute Gasteiger partial charge is 0.213 e. The maximum absolute atomic E-state index is 5.71. The predicted molar refractivity (Wildman–Crippen MR) is 128 cm³/mol. The van der Waals surface area contributed by atoms with Gasteiger partial charge in [0.15, 0.2) is 5.96 Å². The van der Waals surface area contributed by atoms with Gasteiger partial charge in [-0.15, -0.1) is 24.0 Å². The van der Waals surface area contributed by atoms with Crippen molar-refractivity contribution in [2.75, 3.05) is 44.7 Å². The summed E-state index contributed by atoms with van der Waals surface area (Å²) >= 11 is 0. The molecule has 4 rings (SSSR count). The first-order valence-corrected chi connectivity index (χ1v) is 10.1. The zero-order valence-electron chi connectivity index (χ0n) is 17.0. The second-order valence-corrected chi connectivity index (χ2v) is 7.47. The normalized spacial score (nSPS) is 16.9. The number of guanidine groups is 1. The summed E-state index contributed by atoms with van der Waals surface area (Å²) < 4.78 is 5.71. The van der Waals surface area contributed by atoms with E-state index in [4.69, 9.17) is 4.74 Å². The number of halogens is 1. The Balaban J connectivity index is 0.00000240. The largest absolute Gasteiger partial charge is 0.477 e. The molecule has 0 amide bonds. The Labute approximate surface area is 190 Å². The molecule has 1 aliphatic carbocycles. The third-order valence-electron chi connectivity index (χ3n) is 5.32. The topological polar surface area (TPSA) is 53.0 Å². The molecule has 1 saturated carbocycles. The second-order valence-electron chi connectivity index (χ2n) is 7.47. The van der Waals surface area contributed by atoms with E-state index in [1.807, 2.05) is 19.3 Å². The Morgan fingerprint density at radius 3 is 2.48 bits per heavy atom. The molecule has 1 aromatic heterocycles. The van der Waals surface area contributed by atoms with Gasteiger partial charge in [-0.25, -0.2) is 4.98 Å². The van der Waals surface area contributed by atoms with Crippen LogP contribution in [0.1, 0.15) is 18.4 Å². The van der Waals surface area contributed by atoms with Crippen molar-refractivity contribution in [2.45, 2.75) is 19.4 Å². The Morgan fingerprint density at radius 1 is 1.10 bits per heavy atom. The minimum absolute atomic E-state index is 0. The summed E-state index contributed by atoms with van der Waals surface area (Å²) in [7, 11) is 1.85. The lowest BCUT2D eigenvalue weighted by Crippen LogP contribution is -2.52. The minimum atomic E-state index is 0. The van der Waals surface area contributed by atoms with E-state index in [2.05, 4.69) is 61.5 Å². The van der Waals surface area contributed by atoms with Crippen LogP contribution in [-0.2, 0) is 6.54 Å². The van der Waals surface area contributed by atoms with Crippen molar-refractivity contribution in [3.8, 4) is 5.88 Å². The van der Waals surface area contributed by atoms with Crippen LogP contribution >= 0.6 is 24.0 Å². The predicted octanol–water partition coefficient (Wildman–Crippen LogP) is 3.39. The fourth-order valence-electron chi connectivity index (χ4n) is 3.42. The number of hydrogen-bond acceptors (Lipinski definition) is 4. The standard InChI is InChI=1S/C22H29N5O.HI/c1-23-22(27-13-11-26(12-14-27)20-5-3-2-4-6-20)25-16-19-9-10-21(24-15-19)28-17-18-7-8-18;/h2-6,9-10,15,18H,7-8,11-14,16-17H2,1H3,(H,23,25);1H. The molecule has 0 spiro atoms. The van der Waals surface area contributed by atoms with Crippen molar-refractivity contribution >= 4 is 35.6 Å². The van der Waals surface area contributed by atoms with E-state index in [1.165, 1.54) is 18.5 Å². The van der Waals surface area contributed by atoms with E-state index in [1.54, 1.807) is 0 Å². The van der Waals surface area contributed by atoms with Gasteiger partial charge in [0.05, 0.1) is 6.61 Å². The van der Waals surface area contributed by atoms with Crippen molar-refractivity contribution in [2.24, 2.45) is 10.9 Å². The number of aromatic nitrogens is 1. The summed E-state index contributed by atoms with van der Waals surface area (Å²) in [5, 5.41) is 3.47. The number of aliphatic imine (C=N–C) groups is 1. The lowest BCUT2D eigenvalue weighted by molar-refractivity contribution is 0.288. The molecule has 2 fully saturated rings. The molecule has 29 heavy (non-hydrogen) atoms. The van der Waals surface area contributed by atoms with Gasteiger partial charge in [0.2, 0.25) is 5.88 Å². The fourth-order valence-corrected chi connectivity index (χ4v) is 3.42. The molecule has 1 saturated heterocycles. The van der Waals surface area contributed by atoms with E-state index in [9.17, 15) is 0 Å². The van der Waals surface area contributed by atoms with Gasteiger partial charge in [0.1, 0.15) is 0 Å². The Bertz CT molecular complexity index is 772. The second kappa shape index (κ2) is 10.7. The summed E-state index contributed by atoms with van der Waals surface area (Å²) in [6.45, 7) is 5.42. The molecule has 2 aromatic rings. The summed E-state index contributed by atoms with van der Waals surface area (Å²) in [5.41, 5.74) is 2.42. The van der Waals surface area contributed by atoms with Crippen LogP contribution in [0.15, 0.2) is 53.7 Å². The lowest BCUT2D eigenvalue weighted by Gasteiger charge is -2.37. The molecule has 1 N–H and O–H groups in total. The van der Waals surface area contributed by atoms with Crippen LogP contribution in [0.25, 0.3) is 0 Å². The van der Waals surface area contributed by atoms with Crippen LogP contribution in [0.2, 0.25) is 0 Å². The quantitative estimate of drug-likeness (QED) is 0.369. The van der Waals surface area contributed by atoms with Crippen molar-refractivity contribution in [1.82, 2.24) is 15.2 Å². The number of nitrogens with one attached hydrogen (secondary N) is 1. The molecule has 1 aliphatic heterocycles. The van der Waals surface area contributed by atoms with Crippen LogP contribution in [-0.4, -0.2) is 55.7 Å². The number of hydrogen-bond donors (Lipinski definition) is 1. The van der Waals surface area contributed by atoms with Gasteiger partial charge in [0.25, 0.3) is 0 Å². The molecule has 1 aromatic carbocycles. The van der Waals surface area contributed by atoms with Gasteiger partial charge in [-0.1, -0.05) is 24.3 Å². The van der Waals surface area contributed by atoms with Crippen molar-refractivity contribution in [1.29, 1.82) is 0 Å². The number of pyridine rings is 1. The third-order valence-corrected chi connectivity index (χ3v) is 5.32. The van der Waals surface area contributed by atoms with Crippen molar-refractivity contribution in [3.63, 3.8) is 0 Å². The van der Waals surface area contributed by atoms with E-state index in [0.717, 1.165) is 56.1 Å². The molecule has 156 valence electrons. The number of benzene rings is 1. The Hall–Kier alpha value is -2.03. The van der Waals surface area contributed by atoms with Gasteiger partial charge in [0, 0.05) is 57.7 Å². The molecular formula is C22H30IN5O. The highest BCUT2D eigenvalue weighted by Crippen LogP contribution is 2.29. The summed E-state index contributed by atoms with van der Waals surface area (Å²) in [5.74, 6) is 2.41. The first-order valence-electron chi connectivity index (χ1n) is 10.1. The molecule has 7 heteroatoms. The van der Waals surface area contributed by atoms with Crippen LogP contribution in [0.3, 0.4) is 0 Å².